The van der Waals surface area contributed by atoms with Crippen LogP contribution >= 0.6 is 11.6 Å². The molecule has 0 spiro atoms. The first-order valence-corrected chi connectivity index (χ1v) is 2.81. The Morgan fingerprint density at radius 3 is 2.33 bits per heavy atom. The number of hydrogen-bond donors (Lipinski definition) is 2. The summed E-state index contributed by atoms with van der Waals surface area (Å²) in [6.45, 7) is 1.29. The van der Waals surface area contributed by atoms with Gasteiger partial charge in [-0.15, -0.1) is 11.6 Å². The zero-order valence-corrected chi connectivity index (χ0v) is 5.66. The van der Waals surface area contributed by atoms with Crippen LogP contribution in [0.1, 0.15) is 6.92 Å². The first-order valence-electron chi connectivity index (χ1n) is 2.28. The molecule has 0 saturated carbocycles. The van der Waals surface area contributed by atoms with Crippen molar-refractivity contribution in [2.45, 2.75) is 6.92 Å². The zero-order chi connectivity index (χ0) is 7.28. The Labute approximate surface area is 57.5 Å². The van der Waals surface area contributed by atoms with Crippen molar-refractivity contribution in [3.63, 3.8) is 0 Å². The fourth-order valence-electron chi connectivity index (χ4n) is 0.191. The van der Waals surface area contributed by atoms with Gasteiger partial charge in [-0.05, 0) is 0 Å². The summed E-state index contributed by atoms with van der Waals surface area (Å²) in [5.41, 5.74) is 4.13. The van der Waals surface area contributed by atoms with Crippen molar-refractivity contribution in [3.8, 4) is 0 Å². The van der Waals surface area contributed by atoms with Gasteiger partial charge in [0.2, 0.25) is 5.91 Å². The van der Waals surface area contributed by atoms with Gasteiger partial charge in [0.1, 0.15) is 5.88 Å². The molecular formula is C4H7ClN2O2. The first-order chi connectivity index (χ1) is 4.16. The molecule has 0 fully saturated rings. The Bertz CT molecular complexity index is 126. The van der Waals surface area contributed by atoms with Crippen LogP contribution in [0.2, 0.25) is 0 Å². The lowest BCUT2D eigenvalue weighted by molar-refractivity contribution is -0.126. The Hall–Kier alpha value is -0.770. The molecule has 4 nitrogen and oxygen atoms in total. The van der Waals surface area contributed by atoms with Gasteiger partial charge in [-0.3, -0.25) is 20.4 Å². The molecular weight excluding hydrogens is 144 g/mol. The second-order valence-electron chi connectivity index (χ2n) is 1.36. The number of amides is 2. The van der Waals surface area contributed by atoms with Crippen LogP contribution in [-0.2, 0) is 9.59 Å². The number of nitrogens with one attached hydrogen (secondary N) is 2. The lowest BCUT2D eigenvalue weighted by Crippen LogP contribution is -2.40. The highest BCUT2D eigenvalue weighted by Crippen LogP contribution is 1.70. The smallest absolute Gasteiger partial charge is 0.253 e. The highest BCUT2D eigenvalue weighted by molar-refractivity contribution is 6.27. The first kappa shape index (κ1) is 8.23. The molecule has 2 amide bonds. The fraction of sp³-hybridized carbons (Fsp3) is 0.500. The van der Waals surface area contributed by atoms with Crippen LogP contribution in [0.15, 0.2) is 0 Å². The van der Waals surface area contributed by atoms with E-state index in [0.717, 1.165) is 0 Å². The van der Waals surface area contributed by atoms with E-state index in [-0.39, 0.29) is 11.8 Å². The highest BCUT2D eigenvalue weighted by atomic mass is 35.5. The average Bonchev–Trinajstić information content (AvgIpc) is 1.83. The number of carbonyl (C=O) groups is 2. The molecule has 9 heavy (non-hydrogen) atoms. The summed E-state index contributed by atoms with van der Waals surface area (Å²) in [6.07, 6.45) is 0. The summed E-state index contributed by atoms with van der Waals surface area (Å²) < 4.78 is 0. The molecule has 52 valence electrons. The topological polar surface area (TPSA) is 58.2 Å². The van der Waals surface area contributed by atoms with Crippen molar-refractivity contribution in [1.82, 2.24) is 10.9 Å². The maximum absolute atomic E-state index is 10.3. The van der Waals surface area contributed by atoms with Gasteiger partial charge in [-0.2, -0.15) is 0 Å². The van der Waals surface area contributed by atoms with E-state index in [2.05, 4.69) is 10.9 Å². The summed E-state index contributed by atoms with van der Waals surface area (Å²) >= 11 is 5.07. The molecule has 5 heteroatoms. The van der Waals surface area contributed by atoms with Gasteiger partial charge in [0.05, 0.1) is 0 Å². The Morgan fingerprint density at radius 1 is 1.44 bits per heavy atom. The maximum atomic E-state index is 10.3. The Kier molecular flexibility index (Phi) is 3.79. The van der Waals surface area contributed by atoms with E-state index in [1.165, 1.54) is 6.92 Å². The molecule has 0 aliphatic carbocycles. The van der Waals surface area contributed by atoms with Gasteiger partial charge < -0.3 is 0 Å². The van der Waals surface area contributed by atoms with Crippen LogP contribution in [0, 0.1) is 0 Å². The van der Waals surface area contributed by atoms with Gasteiger partial charge in [-0.25, -0.2) is 0 Å². The fourth-order valence-corrected chi connectivity index (χ4v) is 0.258. The number of halogens is 1. The monoisotopic (exact) mass is 150 g/mol. The van der Waals surface area contributed by atoms with E-state index in [9.17, 15) is 9.59 Å². The minimum atomic E-state index is -0.424. The summed E-state index contributed by atoms with van der Waals surface area (Å²) in [4.78, 5) is 20.4. The standard InChI is InChI=1S/C4H7ClN2O2/c1-3(8)6-7-4(9)2-5/h2H2,1H3,(H,6,8)(H,7,9). The molecule has 0 saturated heterocycles. The van der Waals surface area contributed by atoms with Gasteiger partial charge in [0.25, 0.3) is 5.91 Å². The van der Waals surface area contributed by atoms with Crippen LogP contribution in [0.4, 0.5) is 0 Å². The molecule has 0 radical (unpaired) electrons. The van der Waals surface area contributed by atoms with E-state index in [0.29, 0.717) is 0 Å². The van der Waals surface area contributed by atoms with Crippen molar-refractivity contribution in [2.75, 3.05) is 5.88 Å². The van der Waals surface area contributed by atoms with Crippen LogP contribution in [0.5, 0.6) is 0 Å². The molecule has 0 heterocycles. The number of carbonyl (C=O) groups excluding carboxylic acids is 2. The quantitative estimate of drug-likeness (QED) is 0.387. The Balaban J connectivity index is 3.28. The van der Waals surface area contributed by atoms with Crippen LogP contribution < -0.4 is 10.9 Å². The van der Waals surface area contributed by atoms with Crippen molar-refractivity contribution >= 4 is 23.4 Å². The van der Waals surface area contributed by atoms with E-state index < -0.39 is 5.91 Å². The minimum Gasteiger partial charge on any atom is -0.274 e. The highest BCUT2D eigenvalue weighted by Gasteiger charge is 1.95. The van der Waals surface area contributed by atoms with E-state index in [1.807, 2.05) is 0 Å². The molecule has 0 aromatic carbocycles. The molecule has 0 aliphatic heterocycles. The lowest BCUT2D eigenvalue weighted by Gasteiger charge is -1.99. The molecule has 0 bridgehead atoms. The third-order valence-corrected chi connectivity index (χ3v) is 0.742. The van der Waals surface area contributed by atoms with Crippen LogP contribution in [0.3, 0.4) is 0 Å². The SMILES string of the molecule is CC(=O)NNC(=O)CCl. The summed E-state index contributed by atoms with van der Waals surface area (Å²) in [5, 5.41) is 0. The third kappa shape index (κ3) is 5.10. The lowest BCUT2D eigenvalue weighted by atomic mass is 10.7. The minimum absolute atomic E-state index is 0.152. The second kappa shape index (κ2) is 4.14. The molecule has 0 aromatic rings. The van der Waals surface area contributed by atoms with Crippen LogP contribution in [-0.4, -0.2) is 17.7 Å². The van der Waals surface area contributed by atoms with Crippen molar-refractivity contribution in [1.29, 1.82) is 0 Å². The average molecular weight is 151 g/mol. The molecule has 0 aliphatic rings. The third-order valence-electron chi connectivity index (χ3n) is 0.499. The summed E-state index contributed by atoms with van der Waals surface area (Å²) in [6, 6.07) is 0. The largest absolute Gasteiger partial charge is 0.274 e. The van der Waals surface area contributed by atoms with Gasteiger partial charge in [-0.1, -0.05) is 0 Å². The zero-order valence-electron chi connectivity index (χ0n) is 4.90. The van der Waals surface area contributed by atoms with Gasteiger partial charge in [0.15, 0.2) is 0 Å². The predicted molar refractivity (Wildman–Crippen MR) is 32.7 cm³/mol. The van der Waals surface area contributed by atoms with Crippen molar-refractivity contribution < 1.29 is 9.59 Å². The number of rotatable bonds is 1. The van der Waals surface area contributed by atoms with Gasteiger partial charge >= 0.3 is 0 Å². The second-order valence-corrected chi connectivity index (χ2v) is 1.63. The number of alkyl halides is 1. The molecule has 0 rings (SSSR count). The van der Waals surface area contributed by atoms with E-state index in [1.54, 1.807) is 0 Å². The summed E-state index contributed by atoms with van der Waals surface area (Å²) in [7, 11) is 0. The Morgan fingerprint density at radius 2 is 2.00 bits per heavy atom. The number of hydrogen-bond acceptors (Lipinski definition) is 2. The van der Waals surface area contributed by atoms with Gasteiger partial charge in [0, 0.05) is 6.92 Å². The summed E-state index contributed by atoms with van der Waals surface area (Å²) in [5.74, 6) is -0.902. The normalized spacial score (nSPS) is 8.22. The molecule has 0 aromatic heterocycles. The van der Waals surface area contributed by atoms with E-state index >= 15 is 0 Å². The molecule has 0 atom stereocenters. The maximum Gasteiger partial charge on any atom is 0.253 e. The molecule has 0 unspecified atom stereocenters. The van der Waals surface area contributed by atoms with Crippen LogP contribution in [0.25, 0.3) is 0 Å². The number of hydrazine groups is 1. The van der Waals surface area contributed by atoms with Crippen molar-refractivity contribution in [2.24, 2.45) is 0 Å². The van der Waals surface area contributed by atoms with Crippen molar-refractivity contribution in [3.05, 3.63) is 0 Å². The predicted octanol–water partition coefficient (Wildman–Crippen LogP) is -0.607. The molecule has 2 N–H and O–H groups in total. The van der Waals surface area contributed by atoms with E-state index in [4.69, 9.17) is 11.6 Å².